The van der Waals surface area contributed by atoms with Crippen molar-refractivity contribution in [3.63, 3.8) is 0 Å². The molecule has 2 aromatic carbocycles. The maximum Gasteiger partial charge on any atom is 0.347 e. The van der Waals surface area contributed by atoms with Gasteiger partial charge in [-0.3, -0.25) is 0 Å². The predicted octanol–water partition coefficient (Wildman–Crippen LogP) is 2.57. The Morgan fingerprint density at radius 1 is 1.28 bits per heavy atom. The van der Waals surface area contributed by atoms with Gasteiger partial charge in [0.2, 0.25) is 0 Å². The number of aliphatic hydroxyl groups excluding tert-OH is 2. The zero-order valence-electron chi connectivity index (χ0n) is 13.1. The average molecular weight is 368 g/mol. The minimum atomic E-state index is -1.84. The highest BCUT2D eigenvalue weighted by Crippen LogP contribution is 2.28. The fraction of sp³-hybridized carbons (Fsp3) is 0.176. The highest BCUT2D eigenvalue weighted by atomic mass is 35.5. The summed E-state index contributed by atoms with van der Waals surface area (Å²) in [5, 5.41) is 21.2. The van der Waals surface area contributed by atoms with Gasteiger partial charge in [0.1, 0.15) is 5.82 Å². The highest BCUT2D eigenvalue weighted by molar-refractivity contribution is 6.31. The summed E-state index contributed by atoms with van der Waals surface area (Å²) in [6.07, 6.45) is -1.84. The number of benzene rings is 2. The second kappa shape index (κ2) is 8.06. The molecular formula is C17H15ClFNO5. The molecule has 0 aromatic heterocycles. The van der Waals surface area contributed by atoms with E-state index in [9.17, 15) is 19.1 Å². The lowest BCUT2D eigenvalue weighted by Gasteiger charge is -2.14. The van der Waals surface area contributed by atoms with Gasteiger partial charge < -0.3 is 20.3 Å². The van der Waals surface area contributed by atoms with Crippen molar-refractivity contribution < 1.29 is 28.9 Å². The topological polar surface area (TPSA) is 95.9 Å². The molecule has 0 aliphatic rings. The minimum absolute atomic E-state index is 0.0571. The Bertz CT molecular complexity index is 812. The SMILES string of the molecule is Cc1c(Cl)cccc1Nc1cc(F)ccc1C(=O)OC(=O)C(O)CO. The van der Waals surface area contributed by atoms with Gasteiger partial charge in [-0.2, -0.15) is 0 Å². The van der Waals surface area contributed by atoms with E-state index in [4.69, 9.17) is 16.7 Å². The Morgan fingerprint density at radius 2 is 2.00 bits per heavy atom. The third-order valence-corrected chi connectivity index (χ3v) is 3.79. The summed E-state index contributed by atoms with van der Waals surface area (Å²) >= 11 is 6.03. The first-order valence-electron chi connectivity index (χ1n) is 7.20. The monoisotopic (exact) mass is 367 g/mol. The molecule has 6 nitrogen and oxygen atoms in total. The number of hydrogen-bond acceptors (Lipinski definition) is 6. The third-order valence-electron chi connectivity index (χ3n) is 3.38. The first-order valence-corrected chi connectivity index (χ1v) is 7.58. The third kappa shape index (κ3) is 4.54. The van der Waals surface area contributed by atoms with Gasteiger partial charge in [-0.1, -0.05) is 17.7 Å². The highest BCUT2D eigenvalue weighted by Gasteiger charge is 2.22. The van der Waals surface area contributed by atoms with E-state index < -0.39 is 30.5 Å². The van der Waals surface area contributed by atoms with Crippen molar-refractivity contribution in [3.8, 4) is 0 Å². The standard InChI is InChI=1S/C17H15ClFNO5/c1-9-12(18)3-2-4-13(9)20-14-7-10(19)5-6-11(14)16(23)25-17(24)15(22)8-21/h2-7,15,20-22H,8H2,1H3. The van der Waals surface area contributed by atoms with Crippen molar-refractivity contribution >= 4 is 34.9 Å². The van der Waals surface area contributed by atoms with E-state index in [0.29, 0.717) is 16.3 Å². The van der Waals surface area contributed by atoms with Crippen molar-refractivity contribution in [2.24, 2.45) is 0 Å². The molecule has 132 valence electrons. The van der Waals surface area contributed by atoms with Gasteiger partial charge in [0.25, 0.3) is 0 Å². The average Bonchev–Trinajstić information content (AvgIpc) is 2.58. The number of halogens is 2. The predicted molar refractivity (Wildman–Crippen MR) is 89.4 cm³/mol. The van der Waals surface area contributed by atoms with Gasteiger partial charge >= 0.3 is 11.9 Å². The van der Waals surface area contributed by atoms with Crippen LogP contribution in [-0.4, -0.2) is 34.9 Å². The maximum absolute atomic E-state index is 13.6. The molecular weight excluding hydrogens is 353 g/mol. The summed E-state index contributed by atoms with van der Waals surface area (Å²) in [6.45, 7) is 0.853. The van der Waals surface area contributed by atoms with Gasteiger partial charge in [0.15, 0.2) is 6.10 Å². The first-order chi connectivity index (χ1) is 11.8. The summed E-state index contributed by atoms with van der Waals surface area (Å²) in [6, 6.07) is 8.26. The van der Waals surface area contributed by atoms with Crippen LogP contribution in [0.4, 0.5) is 15.8 Å². The summed E-state index contributed by atoms with van der Waals surface area (Å²) < 4.78 is 18.1. The maximum atomic E-state index is 13.6. The van der Waals surface area contributed by atoms with Crippen LogP contribution in [0.25, 0.3) is 0 Å². The Hall–Kier alpha value is -2.48. The molecule has 1 atom stereocenters. The van der Waals surface area contributed by atoms with Crippen molar-refractivity contribution in [1.82, 2.24) is 0 Å². The molecule has 3 N–H and O–H groups in total. The Balaban J connectivity index is 2.33. The van der Waals surface area contributed by atoms with Crippen LogP contribution >= 0.6 is 11.6 Å². The van der Waals surface area contributed by atoms with Crippen LogP contribution in [-0.2, 0) is 9.53 Å². The first kappa shape index (κ1) is 18.9. The lowest BCUT2D eigenvalue weighted by Crippen LogP contribution is -2.29. The lowest BCUT2D eigenvalue weighted by atomic mass is 10.1. The van der Waals surface area contributed by atoms with Gasteiger partial charge in [-0.15, -0.1) is 0 Å². The van der Waals surface area contributed by atoms with Crippen LogP contribution in [0, 0.1) is 12.7 Å². The van der Waals surface area contributed by atoms with E-state index in [0.717, 1.165) is 18.2 Å². The van der Waals surface area contributed by atoms with Gasteiger partial charge in [-0.05, 0) is 42.8 Å². The van der Waals surface area contributed by atoms with E-state index in [-0.39, 0.29) is 11.3 Å². The molecule has 0 aliphatic heterocycles. The summed E-state index contributed by atoms with van der Waals surface area (Å²) in [7, 11) is 0. The van der Waals surface area contributed by atoms with Crippen molar-refractivity contribution in [2.45, 2.75) is 13.0 Å². The van der Waals surface area contributed by atoms with E-state index in [1.54, 1.807) is 25.1 Å². The number of carbonyl (C=O) groups is 2. The number of esters is 2. The Kier molecular flexibility index (Phi) is 6.08. The Morgan fingerprint density at radius 3 is 2.68 bits per heavy atom. The largest absolute Gasteiger partial charge is 0.393 e. The molecule has 2 rings (SSSR count). The fourth-order valence-electron chi connectivity index (χ4n) is 1.97. The molecule has 0 spiro atoms. The molecule has 8 heteroatoms. The second-order valence-corrected chi connectivity index (χ2v) is 5.54. The van der Waals surface area contributed by atoms with Gasteiger partial charge in [-0.25, -0.2) is 14.0 Å². The normalized spacial score (nSPS) is 11.7. The molecule has 25 heavy (non-hydrogen) atoms. The van der Waals surface area contributed by atoms with Crippen molar-refractivity contribution in [1.29, 1.82) is 0 Å². The van der Waals surface area contributed by atoms with E-state index in [1.165, 1.54) is 0 Å². The number of hydrogen-bond donors (Lipinski definition) is 3. The van der Waals surface area contributed by atoms with Crippen LogP contribution in [0.1, 0.15) is 15.9 Å². The van der Waals surface area contributed by atoms with Crippen LogP contribution in [0.3, 0.4) is 0 Å². The van der Waals surface area contributed by atoms with Gasteiger partial charge in [0, 0.05) is 10.7 Å². The van der Waals surface area contributed by atoms with Crippen LogP contribution in [0.5, 0.6) is 0 Å². The number of rotatable bonds is 5. The van der Waals surface area contributed by atoms with Gasteiger partial charge in [0.05, 0.1) is 17.9 Å². The molecule has 0 bridgehead atoms. The number of aliphatic hydroxyl groups is 2. The molecule has 0 saturated carbocycles. The molecule has 1 unspecified atom stereocenters. The number of ether oxygens (including phenoxy) is 1. The quantitative estimate of drug-likeness (QED) is 0.555. The second-order valence-electron chi connectivity index (χ2n) is 5.13. The summed E-state index contributed by atoms with van der Waals surface area (Å²) in [5.41, 5.74) is 1.15. The Labute approximate surface area is 147 Å². The van der Waals surface area contributed by atoms with E-state index in [2.05, 4.69) is 10.1 Å². The molecule has 0 saturated heterocycles. The van der Waals surface area contributed by atoms with Crippen LogP contribution in [0.15, 0.2) is 36.4 Å². The van der Waals surface area contributed by atoms with Crippen LogP contribution < -0.4 is 5.32 Å². The van der Waals surface area contributed by atoms with Crippen molar-refractivity contribution in [3.05, 3.63) is 58.4 Å². The zero-order chi connectivity index (χ0) is 18.6. The molecule has 0 radical (unpaired) electrons. The molecule has 2 aromatic rings. The number of nitrogens with one attached hydrogen (secondary N) is 1. The smallest absolute Gasteiger partial charge is 0.347 e. The molecule has 0 amide bonds. The zero-order valence-corrected chi connectivity index (χ0v) is 13.9. The molecule has 0 heterocycles. The molecule has 0 aliphatic carbocycles. The lowest BCUT2D eigenvalue weighted by molar-refractivity contribution is -0.149. The van der Waals surface area contributed by atoms with E-state index >= 15 is 0 Å². The number of carbonyl (C=O) groups excluding carboxylic acids is 2. The van der Waals surface area contributed by atoms with Crippen LogP contribution in [0.2, 0.25) is 5.02 Å². The fourth-order valence-corrected chi connectivity index (χ4v) is 2.15. The summed E-state index contributed by atoms with van der Waals surface area (Å²) in [5.74, 6) is -3.01. The summed E-state index contributed by atoms with van der Waals surface area (Å²) in [4.78, 5) is 23.6. The van der Waals surface area contributed by atoms with E-state index in [1.807, 2.05) is 0 Å². The minimum Gasteiger partial charge on any atom is -0.393 e. The number of anilines is 2. The van der Waals surface area contributed by atoms with Crippen molar-refractivity contribution in [2.75, 3.05) is 11.9 Å². The molecule has 0 fully saturated rings.